The van der Waals surface area contributed by atoms with Crippen molar-refractivity contribution in [2.24, 2.45) is 5.84 Å². The molecule has 0 saturated carbocycles. The Labute approximate surface area is 81.5 Å². The van der Waals surface area contributed by atoms with Crippen LogP contribution in [0.25, 0.3) is 0 Å². The van der Waals surface area contributed by atoms with E-state index < -0.39 is 5.91 Å². The molecule has 0 unspecified atom stereocenters. The molecule has 0 fully saturated rings. The normalized spacial score (nSPS) is 9.79. The van der Waals surface area contributed by atoms with E-state index in [1.165, 1.54) is 12.3 Å². The van der Waals surface area contributed by atoms with E-state index in [9.17, 15) is 4.79 Å². The van der Waals surface area contributed by atoms with Gasteiger partial charge in [0.05, 0.1) is 18.4 Å². The Balaban J connectivity index is 2.62. The molecule has 5 heteroatoms. The van der Waals surface area contributed by atoms with Crippen molar-refractivity contribution >= 4 is 5.91 Å². The number of hydrogen-bond acceptors (Lipinski definition) is 4. The molecule has 0 bridgehead atoms. The molecule has 14 heavy (non-hydrogen) atoms. The van der Waals surface area contributed by atoms with Gasteiger partial charge in [-0.3, -0.25) is 10.2 Å². The first-order valence-corrected chi connectivity index (χ1v) is 4.05. The number of hydrazine groups is 1. The van der Waals surface area contributed by atoms with Crippen molar-refractivity contribution in [1.29, 1.82) is 0 Å². The number of furan rings is 1. The molecule has 0 radical (unpaired) electrons. The topological polar surface area (TPSA) is 77.5 Å². The van der Waals surface area contributed by atoms with E-state index in [0.717, 1.165) is 0 Å². The Morgan fingerprint density at radius 2 is 2.57 bits per heavy atom. The fourth-order valence-corrected chi connectivity index (χ4v) is 0.967. The molecular weight excluding hydrogens is 184 g/mol. The third-order valence-electron chi connectivity index (χ3n) is 1.59. The zero-order chi connectivity index (χ0) is 10.4. The number of carbonyl (C=O) groups is 1. The third-order valence-corrected chi connectivity index (χ3v) is 1.59. The maximum atomic E-state index is 11.2. The van der Waals surface area contributed by atoms with E-state index in [4.69, 9.17) is 15.0 Å². The van der Waals surface area contributed by atoms with E-state index in [2.05, 4.69) is 6.58 Å². The minimum Gasteiger partial charge on any atom is -0.466 e. The minimum atomic E-state index is -0.393. The van der Waals surface area contributed by atoms with E-state index >= 15 is 0 Å². The highest BCUT2D eigenvalue weighted by Crippen LogP contribution is 2.11. The van der Waals surface area contributed by atoms with Crippen LogP contribution in [0, 0.1) is 0 Å². The zero-order valence-electron chi connectivity index (χ0n) is 7.66. The zero-order valence-corrected chi connectivity index (χ0v) is 7.66. The molecule has 0 atom stereocenters. The summed E-state index contributed by atoms with van der Waals surface area (Å²) in [5.74, 6) is 5.05. The molecule has 5 nitrogen and oxygen atoms in total. The first-order valence-electron chi connectivity index (χ1n) is 4.05. The van der Waals surface area contributed by atoms with Crippen LogP contribution in [0.4, 0.5) is 0 Å². The van der Waals surface area contributed by atoms with Gasteiger partial charge in [0, 0.05) is 0 Å². The van der Waals surface area contributed by atoms with Crippen molar-refractivity contribution in [3.05, 3.63) is 36.3 Å². The Morgan fingerprint density at radius 3 is 3.21 bits per heavy atom. The van der Waals surface area contributed by atoms with Crippen molar-refractivity contribution in [2.75, 3.05) is 6.61 Å². The van der Waals surface area contributed by atoms with Gasteiger partial charge in [-0.15, -0.1) is 6.58 Å². The highest BCUT2D eigenvalue weighted by molar-refractivity contribution is 5.94. The van der Waals surface area contributed by atoms with Crippen LogP contribution in [0.15, 0.2) is 29.4 Å². The summed E-state index contributed by atoms with van der Waals surface area (Å²) in [5.41, 5.74) is 2.41. The molecule has 1 aromatic heterocycles. The first kappa shape index (κ1) is 10.5. The highest BCUT2D eigenvalue weighted by Gasteiger charge is 2.12. The van der Waals surface area contributed by atoms with E-state index in [-0.39, 0.29) is 6.61 Å². The summed E-state index contributed by atoms with van der Waals surface area (Å²) in [6, 6.07) is 1.54. The maximum Gasteiger partial charge on any atom is 0.268 e. The molecule has 1 amide bonds. The lowest BCUT2D eigenvalue weighted by Gasteiger charge is -2.01. The van der Waals surface area contributed by atoms with Crippen LogP contribution in [0.1, 0.15) is 16.1 Å². The van der Waals surface area contributed by atoms with Gasteiger partial charge in [0.15, 0.2) is 0 Å². The summed E-state index contributed by atoms with van der Waals surface area (Å²) in [4.78, 5) is 11.2. The van der Waals surface area contributed by atoms with Crippen LogP contribution in [0.3, 0.4) is 0 Å². The fourth-order valence-electron chi connectivity index (χ4n) is 0.967. The number of nitrogens with two attached hydrogens (primary N) is 1. The summed E-state index contributed by atoms with van der Waals surface area (Å²) in [7, 11) is 0. The second-order valence-corrected chi connectivity index (χ2v) is 2.53. The molecule has 0 spiro atoms. The molecule has 3 N–H and O–H groups in total. The van der Waals surface area contributed by atoms with Crippen LogP contribution < -0.4 is 11.3 Å². The van der Waals surface area contributed by atoms with Crippen LogP contribution in [-0.2, 0) is 11.3 Å². The number of hydrogen-bond donors (Lipinski definition) is 2. The molecule has 0 aliphatic rings. The Morgan fingerprint density at radius 1 is 1.79 bits per heavy atom. The van der Waals surface area contributed by atoms with E-state index in [1.54, 1.807) is 6.08 Å². The molecule has 0 aliphatic carbocycles. The summed E-state index contributed by atoms with van der Waals surface area (Å²) >= 11 is 0. The number of nitrogen functional groups attached to an aromatic ring is 1. The molecule has 76 valence electrons. The van der Waals surface area contributed by atoms with Gasteiger partial charge < -0.3 is 9.15 Å². The Bertz CT molecular complexity index is 320. The van der Waals surface area contributed by atoms with Gasteiger partial charge >= 0.3 is 0 Å². The molecule has 1 rings (SSSR count). The number of amides is 1. The van der Waals surface area contributed by atoms with Gasteiger partial charge in [0.1, 0.15) is 12.4 Å². The van der Waals surface area contributed by atoms with Gasteiger partial charge in [-0.25, -0.2) is 5.84 Å². The van der Waals surface area contributed by atoms with Crippen molar-refractivity contribution in [2.45, 2.75) is 6.61 Å². The predicted molar refractivity (Wildman–Crippen MR) is 50.2 cm³/mol. The minimum absolute atomic E-state index is 0.224. The Hall–Kier alpha value is -1.59. The quantitative estimate of drug-likeness (QED) is 0.237. The second kappa shape index (κ2) is 5.21. The summed E-state index contributed by atoms with van der Waals surface area (Å²) in [5, 5.41) is 0. The average Bonchev–Trinajstić information content (AvgIpc) is 2.65. The van der Waals surface area contributed by atoms with E-state index in [0.29, 0.717) is 17.9 Å². The lowest BCUT2D eigenvalue weighted by Crippen LogP contribution is -2.30. The van der Waals surface area contributed by atoms with Crippen LogP contribution in [-0.4, -0.2) is 12.5 Å². The lowest BCUT2D eigenvalue weighted by atomic mass is 10.2. The van der Waals surface area contributed by atoms with E-state index in [1.807, 2.05) is 5.43 Å². The van der Waals surface area contributed by atoms with Crippen molar-refractivity contribution in [3.63, 3.8) is 0 Å². The van der Waals surface area contributed by atoms with Crippen LogP contribution >= 0.6 is 0 Å². The van der Waals surface area contributed by atoms with Crippen molar-refractivity contribution in [1.82, 2.24) is 5.43 Å². The smallest absolute Gasteiger partial charge is 0.268 e. The standard InChI is InChI=1S/C9H12N2O3/c1-2-4-13-6-8-7(3-5-14-8)9(12)11-10/h2-3,5H,1,4,6,10H2,(H,11,12). The van der Waals surface area contributed by atoms with Crippen molar-refractivity contribution < 1.29 is 13.9 Å². The lowest BCUT2D eigenvalue weighted by molar-refractivity contribution is 0.0938. The van der Waals surface area contributed by atoms with Gasteiger partial charge in [0.2, 0.25) is 0 Å². The van der Waals surface area contributed by atoms with Crippen LogP contribution in [0.2, 0.25) is 0 Å². The monoisotopic (exact) mass is 196 g/mol. The largest absolute Gasteiger partial charge is 0.466 e. The molecular formula is C9H12N2O3. The average molecular weight is 196 g/mol. The fraction of sp³-hybridized carbons (Fsp3) is 0.222. The SMILES string of the molecule is C=CCOCc1occc1C(=O)NN. The van der Waals surface area contributed by atoms with Gasteiger partial charge in [-0.2, -0.15) is 0 Å². The predicted octanol–water partition coefficient (Wildman–Crippen LogP) is 0.586. The molecule has 1 aromatic rings. The molecule has 0 aromatic carbocycles. The second-order valence-electron chi connectivity index (χ2n) is 2.53. The van der Waals surface area contributed by atoms with Gasteiger partial charge in [-0.1, -0.05) is 6.08 Å². The number of rotatable bonds is 5. The van der Waals surface area contributed by atoms with Crippen molar-refractivity contribution in [3.8, 4) is 0 Å². The molecule has 0 saturated heterocycles. The van der Waals surface area contributed by atoms with Gasteiger partial charge in [-0.05, 0) is 6.07 Å². The molecule has 1 heterocycles. The summed E-state index contributed by atoms with van der Waals surface area (Å²) in [6.45, 7) is 4.13. The number of nitrogens with one attached hydrogen (secondary N) is 1. The molecule has 0 aliphatic heterocycles. The number of ether oxygens (including phenoxy) is 1. The maximum absolute atomic E-state index is 11.2. The first-order chi connectivity index (χ1) is 6.79. The number of carbonyl (C=O) groups excluding carboxylic acids is 1. The highest BCUT2D eigenvalue weighted by atomic mass is 16.5. The summed E-state index contributed by atoms with van der Waals surface area (Å²) in [6.07, 6.45) is 3.03. The van der Waals surface area contributed by atoms with Gasteiger partial charge in [0.25, 0.3) is 5.91 Å². The Kier molecular flexibility index (Phi) is 3.90. The van der Waals surface area contributed by atoms with Crippen LogP contribution in [0.5, 0.6) is 0 Å². The third kappa shape index (κ3) is 2.45. The summed E-state index contributed by atoms with van der Waals surface area (Å²) < 4.78 is 10.2.